The van der Waals surface area contributed by atoms with Gasteiger partial charge in [-0.1, -0.05) is 6.42 Å². The number of hydrogen-bond acceptors (Lipinski definition) is 2. The van der Waals surface area contributed by atoms with Crippen LogP contribution < -0.4 is 5.32 Å². The van der Waals surface area contributed by atoms with Gasteiger partial charge >= 0.3 is 0 Å². The highest BCUT2D eigenvalue weighted by atomic mass is 16.3. The molecule has 0 bridgehead atoms. The molecule has 0 aliphatic heterocycles. The zero-order valence-electron chi connectivity index (χ0n) is 9.17. The molecule has 1 aromatic rings. The van der Waals surface area contributed by atoms with E-state index in [2.05, 4.69) is 5.32 Å². The van der Waals surface area contributed by atoms with Crippen LogP contribution in [0.3, 0.4) is 0 Å². The van der Waals surface area contributed by atoms with Crippen molar-refractivity contribution in [3.8, 4) is 0 Å². The van der Waals surface area contributed by atoms with E-state index in [1.165, 1.54) is 44.2 Å². The van der Waals surface area contributed by atoms with Crippen LogP contribution in [0.5, 0.6) is 0 Å². The monoisotopic (exact) mass is 205 g/mol. The van der Waals surface area contributed by atoms with Crippen molar-refractivity contribution < 1.29 is 4.42 Å². The number of nitrogens with one attached hydrogen (secondary N) is 1. The summed E-state index contributed by atoms with van der Waals surface area (Å²) >= 11 is 0. The van der Waals surface area contributed by atoms with Crippen LogP contribution in [-0.2, 0) is 6.54 Å². The van der Waals surface area contributed by atoms with Gasteiger partial charge in [-0.25, -0.2) is 0 Å². The summed E-state index contributed by atoms with van der Waals surface area (Å²) in [5.41, 5.74) is 1.95. The second kappa shape index (κ2) is 3.67. The van der Waals surface area contributed by atoms with Crippen molar-refractivity contribution in [3.05, 3.63) is 24.2 Å². The fourth-order valence-electron chi connectivity index (χ4n) is 2.90. The van der Waals surface area contributed by atoms with E-state index in [1.807, 2.05) is 12.3 Å². The van der Waals surface area contributed by atoms with Crippen LogP contribution in [0.4, 0.5) is 0 Å². The van der Waals surface area contributed by atoms with Gasteiger partial charge in [0.2, 0.25) is 0 Å². The van der Waals surface area contributed by atoms with Crippen LogP contribution in [0.1, 0.15) is 37.7 Å². The van der Waals surface area contributed by atoms with Crippen LogP contribution in [0.25, 0.3) is 0 Å². The Hall–Kier alpha value is -0.760. The summed E-state index contributed by atoms with van der Waals surface area (Å²) in [5, 5.41) is 3.59. The van der Waals surface area contributed by atoms with Gasteiger partial charge in [0.1, 0.15) is 0 Å². The first-order valence-corrected chi connectivity index (χ1v) is 6.11. The van der Waals surface area contributed by atoms with Crippen LogP contribution in [0.2, 0.25) is 0 Å². The van der Waals surface area contributed by atoms with E-state index in [-0.39, 0.29) is 0 Å². The fourth-order valence-corrected chi connectivity index (χ4v) is 2.90. The SMILES string of the molecule is c1cc(CNCC2(C3CC3)CCC2)co1. The van der Waals surface area contributed by atoms with E-state index < -0.39 is 0 Å². The lowest BCUT2D eigenvalue weighted by atomic mass is 9.65. The minimum atomic E-state index is 0.684. The van der Waals surface area contributed by atoms with Crippen molar-refractivity contribution in [1.82, 2.24) is 5.32 Å². The highest BCUT2D eigenvalue weighted by Crippen LogP contribution is 2.56. The van der Waals surface area contributed by atoms with Crippen LogP contribution in [0, 0.1) is 11.3 Å². The molecule has 0 atom stereocenters. The van der Waals surface area contributed by atoms with Crippen molar-refractivity contribution in [2.24, 2.45) is 11.3 Å². The first kappa shape index (κ1) is 9.46. The molecule has 2 aliphatic carbocycles. The van der Waals surface area contributed by atoms with E-state index in [0.717, 1.165) is 12.5 Å². The average molecular weight is 205 g/mol. The molecule has 0 saturated heterocycles. The van der Waals surface area contributed by atoms with E-state index >= 15 is 0 Å². The largest absolute Gasteiger partial charge is 0.472 e. The maximum absolute atomic E-state index is 5.06. The van der Waals surface area contributed by atoms with Gasteiger partial charge < -0.3 is 9.73 Å². The van der Waals surface area contributed by atoms with Gasteiger partial charge in [-0.3, -0.25) is 0 Å². The molecule has 15 heavy (non-hydrogen) atoms. The van der Waals surface area contributed by atoms with Gasteiger partial charge in [0.25, 0.3) is 0 Å². The van der Waals surface area contributed by atoms with E-state index in [0.29, 0.717) is 5.41 Å². The summed E-state index contributed by atoms with van der Waals surface area (Å²) in [6.45, 7) is 2.17. The predicted molar refractivity (Wildman–Crippen MR) is 59.4 cm³/mol. The molecule has 0 amide bonds. The Morgan fingerprint density at radius 2 is 2.27 bits per heavy atom. The Bertz CT molecular complexity index is 309. The molecule has 1 aromatic heterocycles. The molecule has 2 nitrogen and oxygen atoms in total. The first-order valence-electron chi connectivity index (χ1n) is 6.11. The molecule has 0 aromatic carbocycles. The predicted octanol–water partition coefficient (Wildman–Crippen LogP) is 2.95. The molecule has 0 radical (unpaired) electrons. The van der Waals surface area contributed by atoms with E-state index in [4.69, 9.17) is 4.42 Å². The van der Waals surface area contributed by atoms with Crippen LogP contribution >= 0.6 is 0 Å². The highest BCUT2D eigenvalue weighted by molar-refractivity contribution is 5.06. The molecule has 1 heterocycles. The second-order valence-corrected chi connectivity index (χ2v) is 5.23. The molecule has 1 N–H and O–H groups in total. The molecule has 82 valence electrons. The number of furan rings is 1. The summed E-state index contributed by atoms with van der Waals surface area (Å²) in [5.74, 6) is 1.04. The molecule has 2 heteroatoms. The Labute approximate surface area is 91.0 Å². The third-order valence-corrected chi connectivity index (χ3v) is 4.18. The normalized spacial score (nSPS) is 23.7. The summed E-state index contributed by atoms with van der Waals surface area (Å²) in [7, 11) is 0. The lowest BCUT2D eigenvalue weighted by molar-refractivity contribution is 0.0986. The lowest BCUT2D eigenvalue weighted by Crippen LogP contribution is -2.41. The summed E-state index contributed by atoms with van der Waals surface area (Å²) in [6, 6.07) is 2.04. The molecule has 2 aliphatic rings. The smallest absolute Gasteiger partial charge is 0.0947 e. The minimum Gasteiger partial charge on any atom is -0.472 e. The zero-order valence-corrected chi connectivity index (χ0v) is 9.17. The Morgan fingerprint density at radius 1 is 1.40 bits per heavy atom. The minimum absolute atomic E-state index is 0.684. The standard InChI is InChI=1S/C13H19NO/c1-5-13(6-1,12-2-3-12)10-14-8-11-4-7-15-9-11/h4,7,9,12,14H,1-3,5-6,8,10H2. The quantitative estimate of drug-likeness (QED) is 0.799. The fraction of sp³-hybridized carbons (Fsp3) is 0.692. The summed E-state index contributed by atoms with van der Waals surface area (Å²) in [6.07, 6.45) is 10.9. The van der Waals surface area contributed by atoms with Crippen LogP contribution in [0.15, 0.2) is 23.0 Å². The van der Waals surface area contributed by atoms with Gasteiger partial charge in [0.15, 0.2) is 0 Å². The van der Waals surface area contributed by atoms with Crippen molar-refractivity contribution in [3.63, 3.8) is 0 Å². The molecule has 2 saturated carbocycles. The third-order valence-electron chi connectivity index (χ3n) is 4.18. The van der Waals surface area contributed by atoms with Gasteiger partial charge in [0.05, 0.1) is 12.5 Å². The second-order valence-electron chi connectivity index (χ2n) is 5.23. The average Bonchev–Trinajstić information content (AvgIpc) is 2.89. The van der Waals surface area contributed by atoms with Crippen molar-refractivity contribution in [1.29, 1.82) is 0 Å². The van der Waals surface area contributed by atoms with Crippen molar-refractivity contribution >= 4 is 0 Å². The van der Waals surface area contributed by atoms with E-state index in [9.17, 15) is 0 Å². The van der Waals surface area contributed by atoms with Gasteiger partial charge in [0, 0.05) is 18.7 Å². The molecule has 0 unspecified atom stereocenters. The molecule has 0 spiro atoms. The van der Waals surface area contributed by atoms with Gasteiger partial charge in [-0.05, 0) is 43.1 Å². The maximum atomic E-state index is 5.06. The third kappa shape index (κ3) is 1.83. The Balaban J connectivity index is 1.48. The number of hydrogen-bond donors (Lipinski definition) is 1. The van der Waals surface area contributed by atoms with Gasteiger partial charge in [-0.15, -0.1) is 0 Å². The Kier molecular flexibility index (Phi) is 2.32. The first-order chi connectivity index (χ1) is 7.39. The Morgan fingerprint density at radius 3 is 2.80 bits per heavy atom. The topological polar surface area (TPSA) is 25.2 Å². The van der Waals surface area contributed by atoms with Crippen molar-refractivity contribution in [2.45, 2.75) is 38.6 Å². The lowest BCUT2D eigenvalue weighted by Gasteiger charge is -2.43. The zero-order chi connectivity index (χ0) is 10.1. The van der Waals surface area contributed by atoms with E-state index in [1.54, 1.807) is 6.26 Å². The number of rotatable bonds is 5. The van der Waals surface area contributed by atoms with Gasteiger partial charge in [-0.2, -0.15) is 0 Å². The molecule has 2 fully saturated rings. The molecule has 3 rings (SSSR count). The highest BCUT2D eigenvalue weighted by Gasteiger charge is 2.48. The van der Waals surface area contributed by atoms with Crippen LogP contribution in [-0.4, -0.2) is 6.54 Å². The maximum Gasteiger partial charge on any atom is 0.0947 e. The molecular weight excluding hydrogens is 186 g/mol. The summed E-state index contributed by atoms with van der Waals surface area (Å²) in [4.78, 5) is 0. The summed E-state index contributed by atoms with van der Waals surface area (Å²) < 4.78 is 5.06. The molecular formula is C13H19NO. The van der Waals surface area contributed by atoms with Crippen molar-refractivity contribution in [2.75, 3.05) is 6.54 Å².